The number of aryl methyl sites for hydroxylation is 1. The van der Waals surface area contributed by atoms with Crippen molar-refractivity contribution in [1.29, 1.82) is 5.26 Å². The molecule has 0 spiro atoms. The van der Waals surface area contributed by atoms with E-state index >= 15 is 0 Å². The number of rotatable bonds is 2. The van der Waals surface area contributed by atoms with Crippen molar-refractivity contribution >= 4 is 5.91 Å². The van der Waals surface area contributed by atoms with E-state index in [0.717, 1.165) is 32.1 Å². The minimum absolute atomic E-state index is 0.191. The van der Waals surface area contributed by atoms with Gasteiger partial charge in [0, 0.05) is 11.9 Å². The summed E-state index contributed by atoms with van der Waals surface area (Å²) in [7, 11) is 0. The number of pyridine rings is 1. The summed E-state index contributed by atoms with van der Waals surface area (Å²) in [5, 5.41) is 12.2. The SMILES string of the molecule is Cc1ncccc1C(=O)NC1(C#N)CCCCC1. The van der Waals surface area contributed by atoms with Crippen LogP contribution in [0.5, 0.6) is 0 Å². The topological polar surface area (TPSA) is 65.8 Å². The smallest absolute Gasteiger partial charge is 0.254 e. The maximum atomic E-state index is 12.2. The highest BCUT2D eigenvalue weighted by atomic mass is 16.1. The average Bonchev–Trinajstić information content (AvgIpc) is 2.40. The molecule has 1 aliphatic rings. The van der Waals surface area contributed by atoms with Crippen LogP contribution in [0.1, 0.15) is 48.2 Å². The zero-order valence-corrected chi connectivity index (χ0v) is 10.6. The summed E-state index contributed by atoms with van der Waals surface area (Å²) in [6.07, 6.45) is 6.29. The van der Waals surface area contributed by atoms with Crippen LogP contribution in [-0.2, 0) is 0 Å². The zero-order chi connectivity index (χ0) is 13.0. The van der Waals surface area contributed by atoms with Crippen molar-refractivity contribution in [3.63, 3.8) is 0 Å². The van der Waals surface area contributed by atoms with Crippen LogP contribution in [0, 0.1) is 18.3 Å². The number of hydrogen-bond acceptors (Lipinski definition) is 3. The first-order valence-electron chi connectivity index (χ1n) is 6.32. The Labute approximate surface area is 107 Å². The summed E-state index contributed by atoms with van der Waals surface area (Å²) >= 11 is 0. The van der Waals surface area contributed by atoms with Gasteiger partial charge >= 0.3 is 0 Å². The molecule has 4 heteroatoms. The number of amides is 1. The molecule has 1 N–H and O–H groups in total. The molecule has 1 aliphatic carbocycles. The van der Waals surface area contributed by atoms with Crippen molar-refractivity contribution < 1.29 is 4.79 Å². The molecule has 0 aromatic carbocycles. The minimum Gasteiger partial charge on any atom is -0.334 e. The predicted octanol–water partition coefficient (Wildman–Crippen LogP) is 2.35. The van der Waals surface area contributed by atoms with Gasteiger partial charge in [0.15, 0.2) is 0 Å². The van der Waals surface area contributed by atoms with Crippen LogP contribution in [0.2, 0.25) is 0 Å². The maximum absolute atomic E-state index is 12.2. The summed E-state index contributed by atoms with van der Waals surface area (Å²) in [5.74, 6) is -0.191. The predicted molar refractivity (Wildman–Crippen MR) is 67.9 cm³/mol. The third-order valence-corrected chi connectivity index (χ3v) is 3.53. The van der Waals surface area contributed by atoms with Gasteiger partial charge < -0.3 is 5.32 Å². The lowest BCUT2D eigenvalue weighted by molar-refractivity contribution is 0.0901. The molecule has 1 saturated carbocycles. The molecule has 1 aromatic heterocycles. The number of hydrogen-bond donors (Lipinski definition) is 1. The van der Waals surface area contributed by atoms with E-state index in [2.05, 4.69) is 16.4 Å². The molecule has 0 aliphatic heterocycles. The fourth-order valence-electron chi connectivity index (χ4n) is 2.43. The standard InChI is InChI=1S/C14H17N3O/c1-11-12(6-5-9-16-11)13(18)17-14(10-15)7-3-2-4-8-14/h5-6,9H,2-4,7-8H2,1H3,(H,17,18). The summed E-state index contributed by atoms with van der Waals surface area (Å²) in [4.78, 5) is 16.3. The van der Waals surface area contributed by atoms with Crippen molar-refractivity contribution in [2.75, 3.05) is 0 Å². The van der Waals surface area contributed by atoms with Gasteiger partial charge in [0.25, 0.3) is 5.91 Å². The van der Waals surface area contributed by atoms with Gasteiger partial charge in [0.05, 0.1) is 11.6 Å². The number of carbonyl (C=O) groups is 1. The number of carbonyl (C=O) groups excluding carboxylic acids is 1. The lowest BCUT2D eigenvalue weighted by Gasteiger charge is -2.31. The Morgan fingerprint density at radius 3 is 2.78 bits per heavy atom. The summed E-state index contributed by atoms with van der Waals surface area (Å²) in [6, 6.07) is 5.76. The van der Waals surface area contributed by atoms with Crippen LogP contribution in [0.3, 0.4) is 0 Å². The average molecular weight is 243 g/mol. The molecule has 1 amide bonds. The Hall–Kier alpha value is -1.89. The molecule has 0 radical (unpaired) electrons. The molecule has 2 rings (SSSR count). The number of nitrogens with zero attached hydrogens (tertiary/aromatic N) is 2. The molecule has 0 saturated heterocycles. The molecule has 0 unspecified atom stereocenters. The largest absolute Gasteiger partial charge is 0.334 e. The molecule has 0 atom stereocenters. The van der Waals surface area contributed by atoms with Crippen LogP contribution >= 0.6 is 0 Å². The fraction of sp³-hybridized carbons (Fsp3) is 0.500. The van der Waals surface area contributed by atoms with Crippen LogP contribution in [0.15, 0.2) is 18.3 Å². The van der Waals surface area contributed by atoms with Gasteiger partial charge in [-0.2, -0.15) is 5.26 Å². The molecule has 1 fully saturated rings. The number of nitrogens with one attached hydrogen (secondary N) is 1. The highest BCUT2D eigenvalue weighted by Gasteiger charge is 2.34. The number of nitriles is 1. The second kappa shape index (κ2) is 5.18. The molecule has 0 bridgehead atoms. The van der Waals surface area contributed by atoms with Crippen molar-refractivity contribution in [3.05, 3.63) is 29.6 Å². The van der Waals surface area contributed by atoms with Crippen molar-refractivity contribution in [1.82, 2.24) is 10.3 Å². The normalized spacial score (nSPS) is 17.8. The van der Waals surface area contributed by atoms with E-state index in [0.29, 0.717) is 11.3 Å². The van der Waals surface area contributed by atoms with Crippen molar-refractivity contribution in [3.8, 4) is 6.07 Å². The molecular weight excluding hydrogens is 226 g/mol. The Balaban J connectivity index is 2.16. The minimum atomic E-state index is -0.683. The lowest BCUT2D eigenvalue weighted by Crippen LogP contribution is -2.48. The highest BCUT2D eigenvalue weighted by Crippen LogP contribution is 2.27. The Morgan fingerprint density at radius 2 is 2.17 bits per heavy atom. The van der Waals surface area contributed by atoms with Gasteiger partial charge in [-0.15, -0.1) is 0 Å². The molecule has 1 aromatic rings. The number of aromatic nitrogens is 1. The van der Waals surface area contributed by atoms with E-state index in [-0.39, 0.29) is 5.91 Å². The lowest BCUT2D eigenvalue weighted by atomic mass is 9.82. The van der Waals surface area contributed by atoms with E-state index in [1.54, 1.807) is 25.3 Å². The van der Waals surface area contributed by atoms with E-state index in [9.17, 15) is 10.1 Å². The highest BCUT2D eigenvalue weighted by molar-refractivity contribution is 5.95. The van der Waals surface area contributed by atoms with Gasteiger partial charge in [-0.3, -0.25) is 9.78 Å². The van der Waals surface area contributed by atoms with Crippen molar-refractivity contribution in [2.45, 2.75) is 44.6 Å². The molecular formula is C14H17N3O. The first kappa shape index (κ1) is 12.6. The van der Waals surface area contributed by atoms with Crippen LogP contribution in [0.4, 0.5) is 0 Å². The van der Waals surface area contributed by atoms with Gasteiger partial charge in [-0.25, -0.2) is 0 Å². The van der Waals surface area contributed by atoms with E-state index in [1.807, 2.05) is 0 Å². The van der Waals surface area contributed by atoms with Gasteiger partial charge in [0.1, 0.15) is 5.54 Å². The quantitative estimate of drug-likeness (QED) is 0.867. The van der Waals surface area contributed by atoms with Crippen molar-refractivity contribution in [2.24, 2.45) is 0 Å². The van der Waals surface area contributed by atoms with Crippen LogP contribution in [-0.4, -0.2) is 16.4 Å². The second-order valence-corrected chi connectivity index (χ2v) is 4.85. The van der Waals surface area contributed by atoms with E-state index < -0.39 is 5.54 Å². The summed E-state index contributed by atoms with van der Waals surface area (Å²) in [6.45, 7) is 1.80. The Kier molecular flexibility index (Phi) is 3.61. The van der Waals surface area contributed by atoms with Gasteiger partial charge in [-0.1, -0.05) is 19.3 Å². The molecule has 4 nitrogen and oxygen atoms in total. The van der Waals surface area contributed by atoms with E-state index in [1.165, 1.54) is 0 Å². The molecule has 18 heavy (non-hydrogen) atoms. The monoisotopic (exact) mass is 243 g/mol. The Bertz CT molecular complexity index is 484. The Morgan fingerprint density at radius 1 is 1.44 bits per heavy atom. The first-order valence-corrected chi connectivity index (χ1v) is 6.32. The summed E-state index contributed by atoms with van der Waals surface area (Å²) < 4.78 is 0. The molecule has 1 heterocycles. The third-order valence-electron chi connectivity index (χ3n) is 3.53. The maximum Gasteiger partial charge on any atom is 0.254 e. The summed E-state index contributed by atoms with van der Waals surface area (Å²) in [5.41, 5.74) is 0.564. The second-order valence-electron chi connectivity index (χ2n) is 4.85. The van der Waals surface area contributed by atoms with Gasteiger partial charge in [-0.05, 0) is 31.9 Å². The van der Waals surface area contributed by atoms with Crippen LogP contribution in [0.25, 0.3) is 0 Å². The zero-order valence-electron chi connectivity index (χ0n) is 10.6. The van der Waals surface area contributed by atoms with Crippen LogP contribution < -0.4 is 5.32 Å². The fourth-order valence-corrected chi connectivity index (χ4v) is 2.43. The van der Waals surface area contributed by atoms with E-state index in [4.69, 9.17) is 0 Å². The third kappa shape index (κ3) is 2.51. The first-order chi connectivity index (χ1) is 8.67. The molecule has 94 valence electrons. The van der Waals surface area contributed by atoms with Gasteiger partial charge in [0.2, 0.25) is 0 Å².